The first-order chi connectivity index (χ1) is 19.2. The number of fused-ring (bicyclic) bond motifs is 1. The Morgan fingerprint density at radius 2 is 1.85 bits per heavy atom. The number of allylic oxidation sites excluding steroid dienone is 2. The van der Waals surface area contributed by atoms with Crippen LogP contribution in [0.25, 0.3) is 27.6 Å². The van der Waals surface area contributed by atoms with Gasteiger partial charge in [-0.3, -0.25) is 4.98 Å². The van der Waals surface area contributed by atoms with Crippen LogP contribution in [0.15, 0.2) is 59.5 Å². The number of halogens is 3. The summed E-state index contributed by atoms with van der Waals surface area (Å²) in [5.41, 5.74) is 2.24. The van der Waals surface area contributed by atoms with Gasteiger partial charge < -0.3 is 14.5 Å². The van der Waals surface area contributed by atoms with Gasteiger partial charge in [0, 0.05) is 59.8 Å². The molecule has 3 aromatic heterocycles. The Hall–Kier alpha value is -4.21. The average Bonchev–Trinajstić information content (AvgIpc) is 3.69. The number of alkyl halides is 3. The van der Waals surface area contributed by atoms with E-state index in [1.54, 1.807) is 12.3 Å². The van der Waals surface area contributed by atoms with Crippen molar-refractivity contribution >= 4 is 28.0 Å². The van der Waals surface area contributed by atoms with Gasteiger partial charge in [-0.05, 0) is 72.7 Å². The van der Waals surface area contributed by atoms with E-state index in [0.29, 0.717) is 5.76 Å². The van der Waals surface area contributed by atoms with Crippen LogP contribution in [0.5, 0.6) is 0 Å². The van der Waals surface area contributed by atoms with E-state index in [1.807, 2.05) is 18.2 Å². The lowest BCUT2D eigenvalue weighted by Crippen LogP contribution is -2.42. The van der Waals surface area contributed by atoms with Crippen LogP contribution in [-0.4, -0.2) is 39.3 Å². The fourth-order valence-corrected chi connectivity index (χ4v) is 6.11. The van der Waals surface area contributed by atoms with Crippen molar-refractivity contribution in [3.63, 3.8) is 0 Å². The Labute approximate surface area is 227 Å². The Morgan fingerprint density at radius 3 is 2.55 bits per heavy atom. The van der Waals surface area contributed by atoms with Crippen LogP contribution in [-0.2, 0) is 6.18 Å². The van der Waals surface area contributed by atoms with Gasteiger partial charge >= 0.3 is 12.1 Å². The maximum absolute atomic E-state index is 13.8. The molecule has 4 heterocycles. The lowest BCUT2D eigenvalue weighted by molar-refractivity contribution is -0.137. The van der Waals surface area contributed by atoms with E-state index in [9.17, 15) is 23.1 Å². The SMILES string of the molecule is O=C(O)c1cc2ccc(N3CCC4(C=C(c5c(-c6cnccc6C(F)(F)F)noc5C5CC5)C4)CC3)cc2cn1. The van der Waals surface area contributed by atoms with Gasteiger partial charge in [-0.25, -0.2) is 9.78 Å². The third kappa shape index (κ3) is 4.22. The first kappa shape index (κ1) is 24.8. The van der Waals surface area contributed by atoms with Crippen LogP contribution in [0.1, 0.15) is 65.4 Å². The van der Waals surface area contributed by atoms with Crippen molar-refractivity contribution in [1.82, 2.24) is 15.1 Å². The normalized spacial score (nSPS) is 18.6. The standard InChI is InChI=1S/C30H25F3N4O3/c31-30(32,33)23-5-8-34-16-22(23)26-25(27(40-36-26)17-1-2-17)20-13-29(14-20)6-9-37(10-7-29)21-4-3-18-12-24(28(38)39)35-15-19(18)11-21/h3-5,8,11-13,15-17H,1-2,6-7,9-10,14H2,(H,38,39). The van der Waals surface area contributed by atoms with Crippen LogP contribution in [0, 0.1) is 5.41 Å². The summed E-state index contributed by atoms with van der Waals surface area (Å²) in [7, 11) is 0. The van der Waals surface area contributed by atoms with Gasteiger partial charge in [-0.2, -0.15) is 13.2 Å². The van der Waals surface area contributed by atoms with Crippen molar-refractivity contribution in [2.75, 3.05) is 18.0 Å². The molecule has 0 unspecified atom stereocenters. The summed E-state index contributed by atoms with van der Waals surface area (Å²) < 4.78 is 47.1. The molecule has 204 valence electrons. The Morgan fingerprint density at radius 1 is 1.07 bits per heavy atom. The second-order valence-electron chi connectivity index (χ2n) is 11.1. The topological polar surface area (TPSA) is 92.3 Å². The molecule has 4 aromatic rings. The highest BCUT2D eigenvalue weighted by molar-refractivity contribution is 5.93. The molecule has 10 heteroatoms. The van der Waals surface area contributed by atoms with Gasteiger partial charge in [0.1, 0.15) is 17.1 Å². The quantitative estimate of drug-likeness (QED) is 0.289. The predicted molar refractivity (Wildman–Crippen MR) is 142 cm³/mol. The zero-order valence-corrected chi connectivity index (χ0v) is 21.4. The first-order valence-corrected chi connectivity index (χ1v) is 13.3. The number of hydrogen-bond acceptors (Lipinski definition) is 6. The van der Waals surface area contributed by atoms with Crippen molar-refractivity contribution in [2.24, 2.45) is 5.41 Å². The molecule has 0 atom stereocenters. The summed E-state index contributed by atoms with van der Waals surface area (Å²) in [5, 5.41) is 15.1. The molecule has 40 heavy (non-hydrogen) atoms. The number of carbonyl (C=O) groups is 1. The van der Waals surface area contributed by atoms with Crippen LogP contribution in [0.3, 0.4) is 0 Å². The van der Waals surface area contributed by atoms with Gasteiger partial charge in [0.2, 0.25) is 0 Å². The van der Waals surface area contributed by atoms with Gasteiger partial charge in [-0.15, -0.1) is 0 Å². The maximum atomic E-state index is 13.8. The Balaban J connectivity index is 1.14. The number of pyridine rings is 2. The summed E-state index contributed by atoms with van der Waals surface area (Å²) in [6.07, 6.45) is 6.21. The highest BCUT2D eigenvalue weighted by Gasteiger charge is 2.45. The second-order valence-corrected chi connectivity index (χ2v) is 11.1. The number of rotatable bonds is 5. The summed E-state index contributed by atoms with van der Waals surface area (Å²) in [6.45, 7) is 1.67. The molecule has 1 saturated carbocycles. The van der Waals surface area contributed by atoms with Crippen molar-refractivity contribution < 1.29 is 27.6 Å². The van der Waals surface area contributed by atoms with E-state index < -0.39 is 17.7 Å². The molecule has 1 spiro atoms. The maximum Gasteiger partial charge on any atom is 0.417 e. The van der Waals surface area contributed by atoms with Crippen LogP contribution in [0.4, 0.5) is 18.9 Å². The lowest BCUT2D eigenvalue weighted by Gasteiger charge is -2.47. The molecule has 7 nitrogen and oxygen atoms in total. The minimum atomic E-state index is -4.52. The van der Waals surface area contributed by atoms with Crippen molar-refractivity contribution in [1.29, 1.82) is 0 Å². The van der Waals surface area contributed by atoms with Crippen molar-refractivity contribution in [3.05, 3.63) is 77.6 Å². The number of hydrogen-bond donors (Lipinski definition) is 1. The average molecular weight is 547 g/mol. The van der Waals surface area contributed by atoms with Crippen LogP contribution < -0.4 is 4.90 Å². The van der Waals surface area contributed by atoms with E-state index in [4.69, 9.17) is 4.52 Å². The molecule has 1 saturated heterocycles. The van der Waals surface area contributed by atoms with Crippen LogP contribution in [0.2, 0.25) is 0 Å². The highest BCUT2D eigenvalue weighted by atomic mass is 19.4. The van der Waals surface area contributed by atoms with Gasteiger partial charge in [0.25, 0.3) is 0 Å². The summed E-state index contributed by atoms with van der Waals surface area (Å²) in [6, 6.07) is 8.53. The minimum Gasteiger partial charge on any atom is -0.477 e. The molecule has 3 aliphatic rings. The Bertz CT molecular complexity index is 1680. The molecule has 0 radical (unpaired) electrons. The number of carboxylic acids is 1. The molecule has 1 aromatic carbocycles. The molecular weight excluding hydrogens is 521 g/mol. The van der Waals surface area contributed by atoms with E-state index in [2.05, 4.69) is 26.1 Å². The summed E-state index contributed by atoms with van der Waals surface area (Å²) in [4.78, 5) is 21.5. The van der Waals surface area contributed by atoms with Gasteiger partial charge in [0.05, 0.1) is 5.56 Å². The molecule has 1 aliphatic heterocycles. The predicted octanol–water partition coefficient (Wildman–Crippen LogP) is 6.95. The van der Waals surface area contributed by atoms with Crippen molar-refractivity contribution in [2.45, 2.75) is 44.2 Å². The summed E-state index contributed by atoms with van der Waals surface area (Å²) in [5.74, 6) is -0.152. The number of benzene rings is 1. The fourth-order valence-electron chi connectivity index (χ4n) is 6.11. The monoisotopic (exact) mass is 546 g/mol. The fraction of sp³-hybridized carbons (Fsp3) is 0.333. The number of aromatic carboxylic acids is 1. The Kier molecular flexibility index (Phi) is 5.52. The van der Waals surface area contributed by atoms with E-state index in [0.717, 1.165) is 85.1 Å². The highest BCUT2D eigenvalue weighted by Crippen LogP contribution is 2.56. The number of nitrogens with zero attached hydrogens (tertiary/aromatic N) is 4. The van der Waals surface area contributed by atoms with Gasteiger partial charge in [-0.1, -0.05) is 17.3 Å². The molecule has 0 amide bonds. The van der Waals surface area contributed by atoms with E-state index in [1.165, 1.54) is 6.20 Å². The van der Waals surface area contributed by atoms with E-state index in [-0.39, 0.29) is 28.3 Å². The zero-order chi connectivity index (χ0) is 27.6. The molecular formula is C30H25F3N4O3. The third-order valence-electron chi connectivity index (χ3n) is 8.44. The molecule has 1 N–H and O–H groups in total. The number of carboxylic acid groups (broad SMARTS) is 1. The van der Waals surface area contributed by atoms with Crippen LogP contribution >= 0.6 is 0 Å². The molecule has 2 aliphatic carbocycles. The number of piperidine rings is 1. The smallest absolute Gasteiger partial charge is 0.417 e. The first-order valence-electron chi connectivity index (χ1n) is 13.3. The zero-order valence-electron chi connectivity index (χ0n) is 21.4. The second kappa shape index (κ2) is 8.90. The minimum absolute atomic E-state index is 0.00220. The number of anilines is 1. The van der Waals surface area contributed by atoms with Gasteiger partial charge in [0.15, 0.2) is 0 Å². The summed E-state index contributed by atoms with van der Waals surface area (Å²) >= 11 is 0. The molecule has 2 fully saturated rings. The van der Waals surface area contributed by atoms with Crippen molar-refractivity contribution in [3.8, 4) is 11.3 Å². The molecule has 7 rings (SSSR count). The lowest BCUT2D eigenvalue weighted by atomic mass is 9.63. The van der Waals surface area contributed by atoms with E-state index >= 15 is 0 Å². The molecule has 0 bridgehead atoms. The largest absolute Gasteiger partial charge is 0.477 e. The number of aromatic nitrogens is 3. The third-order valence-corrected chi connectivity index (χ3v) is 8.44.